The van der Waals surface area contributed by atoms with Gasteiger partial charge in [0.15, 0.2) is 0 Å². The first-order valence-electron chi connectivity index (χ1n) is 6.06. The van der Waals surface area contributed by atoms with Gasteiger partial charge in [-0.3, -0.25) is 0 Å². The van der Waals surface area contributed by atoms with Crippen molar-refractivity contribution < 1.29 is 0 Å². The predicted octanol–water partition coefficient (Wildman–Crippen LogP) is 3.26. The Kier molecular flexibility index (Phi) is 10.3. The van der Waals surface area contributed by atoms with Crippen LogP contribution in [0, 0.1) is 11.8 Å². The lowest BCUT2D eigenvalue weighted by atomic mass is 10.0. The fourth-order valence-electron chi connectivity index (χ4n) is 1.42. The molecule has 0 radical (unpaired) electrons. The van der Waals surface area contributed by atoms with Crippen molar-refractivity contribution in [1.82, 2.24) is 4.90 Å². The van der Waals surface area contributed by atoms with Crippen molar-refractivity contribution in [1.29, 1.82) is 0 Å². The van der Waals surface area contributed by atoms with Gasteiger partial charge >= 0.3 is 0 Å². The molecular weight excluding hydrogens is 222 g/mol. The van der Waals surface area contributed by atoms with Crippen LogP contribution in [0.3, 0.4) is 0 Å². The molecule has 0 rings (SSSR count). The lowest BCUT2D eigenvalue weighted by molar-refractivity contribution is 0.323. The van der Waals surface area contributed by atoms with E-state index in [0.29, 0.717) is 0 Å². The van der Waals surface area contributed by atoms with E-state index in [1.807, 2.05) is 0 Å². The Morgan fingerprint density at radius 2 is 1.80 bits per heavy atom. The molecule has 0 aliphatic rings. The standard InChI is InChI=1S/C12H27NS2/c1-5-13(6-2)7-8-15-10-12(9-14)11(3)4/h11-12,14H,5-10H2,1-4H3. The lowest BCUT2D eigenvalue weighted by Gasteiger charge is -2.20. The van der Waals surface area contributed by atoms with Crippen molar-refractivity contribution in [3.05, 3.63) is 0 Å². The third kappa shape index (κ3) is 7.53. The van der Waals surface area contributed by atoms with Crippen molar-refractivity contribution >= 4 is 24.4 Å². The van der Waals surface area contributed by atoms with Crippen LogP contribution in [0.15, 0.2) is 0 Å². The fraction of sp³-hybridized carbons (Fsp3) is 1.00. The Morgan fingerprint density at radius 3 is 2.20 bits per heavy atom. The molecule has 1 atom stereocenters. The number of hydrogen-bond acceptors (Lipinski definition) is 3. The molecule has 0 spiro atoms. The summed E-state index contributed by atoms with van der Waals surface area (Å²) in [5.74, 6) is 5.09. The molecule has 0 N–H and O–H groups in total. The fourth-order valence-corrected chi connectivity index (χ4v) is 3.51. The maximum absolute atomic E-state index is 4.41. The third-order valence-electron chi connectivity index (χ3n) is 2.96. The molecule has 0 heterocycles. The van der Waals surface area contributed by atoms with E-state index in [9.17, 15) is 0 Å². The molecule has 1 nitrogen and oxygen atoms in total. The first-order chi connectivity index (χ1) is 7.15. The Labute approximate surface area is 106 Å². The minimum atomic E-state index is 0.767. The van der Waals surface area contributed by atoms with Gasteiger partial charge in [0, 0.05) is 12.3 Å². The van der Waals surface area contributed by atoms with Crippen LogP contribution < -0.4 is 0 Å². The molecule has 0 aromatic rings. The second kappa shape index (κ2) is 9.86. The highest BCUT2D eigenvalue weighted by molar-refractivity contribution is 7.99. The zero-order chi connectivity index (χ0) is 11.7. The Hall–Kier alpha value is 0.660. The highest BCUT2D eigenvalue weighted by Crippen LogP contribution is 2.18. The normalized spacial score (nSPS) is 13.8. The number of nitrogens with zero attached hydrogens (tertiary/aromatic N) is 1. The Balaban J connectivity index is 3.51. The molecular formula is C12H27NS2. The van der Waals surface area contributed by atoms with Crippen LogP contribution in [0.25, 0.3) is 0 Å². The summed E-state index contributed by atoms with van der Waals surface area (Å²) in [6.45, 7) is 12.7. The molecule has 0 fully saturated rings. The van der Waals surface area contributed by atoms with Crippen molar-refractivity contribution in [3.8, 4) is 0 Å². The van der Waals surface area contributed by atoms with Gasteiger partial charge in [0.1, 0.15) is 0 Å². The van der Waals surface area contributed by atoms with E-state index >= 15 is 0 Å². The Bertz CT molecular complexity index is 136. The van der Waals surface area contributed by atoms with Gasteiger partial charge < -0.3 is 4.90 Å². The van der Waals surface area contributed by atoms with Crippen LogP contribution in [0.4, 0.5) is 0 Å². The van der Waals surface area contributed by atoms with Crippen molar-refractivity contribution in [2.75, 3.05) is 36.9 Å². The second-order valence-electron chi connectivity index (χ2n) is 4.29. The van der Waals surface area contributed by atoms with E-state index < -0.39 is 0 Å². The SMILES string of the molecule is CCN(CC)CCSCC(CS)C(C)C. The van der Waals surface area contributed by atoms with Crippen molar-refractivity contribution in [3.63, 3.8) is 0 Å². The average molecular weight is 249 g/mol. The highest BCUT2D eigenvalue weighted by atomic mass is 32.2. The van der Waals surface area contributed by atoms with E-state index in [4.69, 9.17) is 0 Å². The summed E-state index contributed by atoms with van der Waals surface area (Å²) in [7, 11) is 0. The maximum atomic E-state index is 4.41. The van der Waals surface area contributed by atoms with Crippen LogP contribution in [-0.2, 0) is 0 Å². The largest absolute Gasteiger partial charge is 0.303 e. The lowest BCUT2D eigenvalue weighted by Crippen LogP contribution is -2.25. The van der Waals surface area contributed by atoms with Gasteiger partial charge in [-0.1, -0.05) is 27.7 Å². The molecule has 0 amide bonds. The zero-order valence-electron chi connectivity index (χ0n) is 10.7. The maximum Gasteiger partial charge on any atom is 0.00721 e. The zero-order valence-corrected chi connectivity index (χ0v) is 12.4. The minimum Gasteiger partial charge on any atom is -0.303 e. The van der Waals surface area contributed by atoms with E-state index in [1.165, 1.54) is 31.1 Å². The molecule has 0 saturated heterocycles. The topological polar surface area (TPSA) is 3.24 Å². The van der Waals surface area contributed by atoms with E-state index in [1.54, 1.807) is 0 Å². The molecule has 0 aliphatic carbocycles. The molecule has 1 unspecified atom stereocenters. The first-order valence-corrected chi connectivity index (χ1v) is 7.85. The van der Waals surface area contributed by atoms with Gasteiger partial charge in [-0.05, 0) is 36.4 Å². The minimum absolute atomic E-state index is 0.767. The summed E-state index contributed by atoms with van der Waals surface area (Å²) in [4.78, 5) is 2.48. The summed E-state index contributed by atoms with van der Waals surface area (Å²) in [5.41, 5.74) is 0. The number of thiol groups is 1. The molecule has 0 bridgehead atoms. The monoisotopic (exact) mass is 249 g/mol. The van der Waals surface area contributed by atoms with Gasteiger partial charge in [-0.25, -0.2) is 0 Å². The van der Waals surface area contributed by atoms with Crippen LogP contribution in [0.1, 0.15) is 27.7 Å². The third-order valence-corrected chi connectivity index (χ3v) is 4.56. The van der Waals surface area contributed by atoms with E-state index in [0.717, 1.165) is 17.6 Å². The van der Waals surface area contributed by atoms with E-state index in [2.05, 4.69) is 57.0 Å². The van der Waals surface area contributed by atoms with Gasteiger partial charge in [0.2, 0.25) is 0 Å². The van der Waals surface area contributed by atoms with Gasteiger partial charge in [0.25, 0.3) is 0 Å². The Morgan fingerprint density at radius 1 is 1.20 bits per heavy atom. The summed E-state index contributed by atoms with van der Waals surface area (Å²) in [6, 6.07) is 0. The predicted molar refractivity (Wildman–Crippen MR) is 77.3 cm³/mol. The molecule has 15 heavy (non-hydrogen) atoms. The van der Waals surface area contributed by atoms with Crippen molar-refractivity contribution in [2.24, 2.45) is 11.8 Å². The summed E-state index contributed by atoms with van der Waals surface area (Å²) in [6.07, 6.45) is 0. The average Bonchev–Trinajstić information content (AvgIpc) is 2.23. The number of rotatable bonds is 9. The van der Waals surface area contributed by atoms with Crippen molar-refractivity contribution in [2.45, 2.75) is 27.7 Å². The first kappa shape index (κ1) is 15.7. The molecule has 3 heteroatoms. The van der Waals surface area contributed by atoms with Crippen LogP contribution in [-0.4, -0.2) is 41.8 Å². The van der Waals surface area contributed by atoms with Gasteiger partial charge in [-0.15, -0.1) is 0 Å². The summed E-state index contributed by atoms with van der Waals surface area (Å²) < 4.78 is 0. The molecule has 0 aromatic carbocycles. The summed E-state index contributed by atoms with van der Waals surface area (Å²) in [5, 5.41) is 0. The molecule has 0 aromatic heterocycles. The summed E-state index contributed by atoms with van der Waals surface area (Å²) >= 11 is 6.49. The number of thioether (sulfide) groups is 1. The quantitative estimate of drug-likeness (QED) is 0.493. The highest BCUT2D eigenvalue weighted by Gasteiger charge is 2.11. The smallest absolute Gasteiger partial charge is 0.00721 e. The van der Waals surface area contributed by atoms with Gasteiger partial charge in [-0.2, -0.15) is 24.4 Å². The van der Waals surface area contributed by atoms with Crippen LogP contribution >= 0.6 is 24.4 Å². The second-order valence-corrected chi connectivity index (χ2v) is 5.80. The molecule has 0 saturated carbocycles. The van der Waals surface area contributed by atoms with Gasteiger partial charge in [0.05, 0.1) is 0 Å². The number of hydrogen-bond donors (Lipinski definition) is 1. The van der Waals surface area contributed by atoms with Crippen LogP contribution in [0.5, 0.6) is 0 Å². The van der Waals surface area contributed by atoms with E-state index in [-0.39, 0.29) is 0 Å². The van der Waals surface area contributed by atoms with Crippen LogP contribution in [0.2, 0.25) is 0 Å². The molecule has 92 valence electrons. The molecule has 0 aliphatic heterocycles.